The number of amides is 1. The molecule has 0 bridgehead atoms. The lowest BCUT2D eigenvalue weighted by Crippen LogP contribution is -2.40. The van der Waals surface area contributed by atoms with E-state index in [9.17, 15) is 9.59 Å². The number of nitrogens with one attached hydrogen (secondary N) is 1. The molecule has 5 heteroatoms. The topological polar surface area (TPSA) is 79.5 Å². The quantitative estimate of drug-likeness (QED) is 0.717. The highest BCUT2D eigenvalue weighted by Gasteiger charge is 2.22. The highest BCUT2D eigenvalue weighted by atomic mass is 16.4. The van der Waals surface area contributed by atoms with Gasteiger partial charge >= 0.3 is 5.97 Å². The molecule has 0 aliphatic heterocycles. The van der Waals surface area contributed by atoms with Gasteiger partial charge in [-0.3, -0.25) is 4.79 Å². The number of hydrogen-bond acceptors (Lipinski definition) is 3. The first kappa shape index (κ1) is 16.0. The van der Waals surface area contributed by atoms with Crippen LogP contribution in [0.2, 0.25) is 0 Å². The van der Waals surface area contributed by atoms with Crippen molar-refractivity contribution in [1.82, 2.24) is 5.32 Å². The van der Waals surface area contributed by atoms with Crippen LogP contribution in [0.25, 0.3) is 0 Å². The van der Waals surface area contributed by atoms with Crippen LogP contribution in [0.15, 0.2) is 23.1 Å². The molecule has 5 nitrogen and oxygen atoms in total. The van der Waals surface area contributed by atoms with Crippen molar-refractivity contribution in [3.8, 4) is 0 Å². The lowest BCUT2D eigenvalue weighted by molar-refractivity contribution is -0.139. The van der Waals surface area contributed by atoms with Crippen molar-refractivity contribution in [2.75, 3.05) is 0 Å². The largest absolute Gasteiger partial charge is 0.480 e. The van der Waals surface area contributed by atoms with Gasteiger partial charge in [0.1, 0.15) is 11.8 Å². The number of furan rings is 1. The zero-order valence-electron chi connectivity index (χ0n) is 11.9. The molecular weight excluding hydrogens is 258 g/mol. The molecule has 0 aliphatic carbocycles. The minimum atomic E-state index is -1.06. The summed E-state index contributed by atoms with van der Waals surface area (Å²) in [6.07, 6.45) is 3.94. The highest BCUT2D eigenvalue weighted by Crippen LogP contribution is 2.17. The van der Waals surface area contributed by atoms with Gasteiger partial charge in [0.25, 0.3) is 5.91 Å². The molecule has 1 rings (SSSR count). The molecule has 0 saturated carbocycles. The smallest absolute Gasteiger partial charge is 0.326 e. The summed E-state index contributed by atoms with van der Waals surface area (Å²) in [4.78, 5) is 23.1. The van der Waals surface area contributed by atoms with Crippen LogP contribution in [0, 0.1) is 0 Å². The van der Waals surface area contributed by atoms with E-state index in [4.69, 9.17) is 9.52 Å². The fourth-order valence-electron chi connectivity index (χ4n) is 1.95. The number of carboxylic acids is 1. The maximum Gasteiger partial charge on any atom is 0.326 e. The number of aryl methyl sites for hydroxylation is 2. The molecule has 0 aliphatic rings. The Hall–Kier alpha value is -2.04. The zero-order chi connectivity index (χ0) is 15.1. The Balaban J connectivity index is 2.80. The molecule has 0 fully saturated rings. The van der Waals surface area contributed by atoms with E-state index < -0.39 is 17.9 Å². The number of rotatable bonds is 8. The maximum absolute atomic E-state index is 12.0. The first-order valence-corrected chi connectivity index (χ1v) is 6.79. The average molecular weight is 279 g/mol. The number of carbonyl (C=O) groups excluding carboxylic acids is 1. The van der Waals surface area contributed by atoms with Crippen molar-refractivity contribution in [3.63, 3.8) is 0 Å². The predicted octanol–water partition coefficient (Wildman–Crippen LogP) is 2.55. The molecule has 1 amide bonds. The second-order valence-corrected chi connectivity index (χ2v) is 4.50. The van der Waals surface area contributed by atoms with Crippen molar-refractivity contribution in [3.05, 3.63) is 35.8 Å². The van der Waals surface area contributed by atoms with Crippen LogP contribution in [0.1, 0.15) is 48.6 Å². The summed E-state index contributed by atoms with van der Waals surface area (Å²) in [7, 11) is 0. The Morgan fingerprint density at radius 2 is 2.15 bits per heavy atom. The SMILES string of the molecule is C=CCCC(NC(=O)c1cc(CC)c(CC)o1)C(=O)O. The third-order valence-corrected chi connectivity index (χ3v) is 3.09. The minimum Gasteiger partial charge on any atom is -0.480 e. The van der Waals surface area contributed by atoms with Gasteiger partial charge in [-0.05, 0) is 30.9 Å². The Kier molecular flexibility index (Phi) is 6.03. The lowest BCUT2D eigenvalue weighted by Gasteiger charge is -2.12. The van der Waals surface area contributed by atoms with Crippen LogP contribution in [0.3, 0.4) is 0 Å². The predicted molar refractivity (Wildman–Crippen MR) is 75.8 cm³/mol. The summed E-state index contributed by atoms with van der Waals surface area (Å²) in [5.74, 6) is -0.604. The van der Waals surface area contributed by atoms with Gasteiger partial charge in [-0.1, -0.05) is 19.9 Å². The Labute approximate surface area is 118 Å². The third-order valence-electron chi connectivity index (χ3n) is 3.09. The number of aliphatic carboxylic acids is 1. The molecule has 0 saturated heterocycles. The van der Waals surface area contributed by atoms with Gasteiger partial charge in [0, 0.05) is 6.42 Å². The van der Waals surface area contributed by atoms with E-state index in [0.29, 0.717) is 19.3 Å². The molecule has 0 aromatic carbocycles. The van der Waals surface area contributed by atoms with Gasteiger partial charge in [0.05, 0.1) is 0 Å². The Morgan fingerprint density at radius 1 is 1.45 bits per heavy atom. The van der Waals surface area contributed by atoms with Crippen LogP contribution >= 0.6 is 0 Å². The molecule has 20 heavy (non-hydrogen) atoms. The van der Waals surface area contributed by atoms with Crippen molar-refractivity contribution in [2.24, 2.45) is 0 Å². The molecule has 1 atom stereocenters. The second kappa shape index (κ2) is 7.53. The van der Waals surface area contributed by atoms with Crippen molar-refractivity contribution in [2.45, 2.75) is 45.6 Å². The Bertz CT molecular complexity index is 469. The number of allylic oxidation sites excluding steroid dienone is 1. The van der Waals surface area contributed by atoms with E-state index >= 15 is 0 Å². The summed E-state index contributed by atoms with van der Waals surface area (Å²) in [5.41, 5.74) is 0.982. The number of hydrogen-bond donors (Lipinski definition) is 2. The van der Waals surface area contributed by atoms with Gasteiger partial charge in [-0.25, -0.2) is 4.79 Å². The second-order valence-electron chi connectivity index (χ2n) is 4.50. The monoisotopic (exact) mass is 279 g/mol. The molecule has 1 unspecified atom stereocenters. The fourth-order valence-corrected chi connectivity index (χ4v) is 1.95. The van der Waals surface area contributed by atoms with Crippen molar-refractivity contribution in [1.29, 1.82) is 0 Å². The van der Waals surface area contributed by atoms with Crippen molar-refractivity contribution >= 4 is 11.9 Å². The van der Waals surface area contributed by atoms with Gasteiger partial charge in [0.2, 0.25) is 0 Å². The van der Waals surface area contributed by atoms with Crippen LogP contribution in [-0.2, 0) is 17.6 Å². The summed E-state index contributed by atoms with van der Waals surface area (Å²) in [6, 6.07) is 0.751. The normalized spacial score (nSPS) is 11.9. The number of carbonyl (C=O) groups is 2. The molecule has 2 N–H and O–H groups in total. The Morgan fingerprint density at radius 3 is 2.60 bits per heavy atom. The fraction of sp³-hybridized carbons (Fsp3) is 0.467. The molecule has 110 valence electrons. The van der Waals surface area contributed by atoms with E-state index in [0.717, 1.165) is 17.7 Å². The van der Waals surface area contributed by atoms with Crippen molar-refractivity contribution < 1.29 is 19.1 Å². The molecule has 0 spiro atoms. The summed E-state index contributed by atoms with van der Waals surface area (Å²) < 4.78 is 5.48. The van der Waals surface area contributed by atoms with Gasteiger partial charge in [-0.2, -0.15) is 0 Å². The minimum absolute atomic E-state index is 0.170. The third kappa shape index (κ3) is 3.98. The summed E-state index contributed by atoms with van der Waals surface area (Å²) in [6.45, 7) is 7.47. The molecule has 1 aromatic rings. The summed E-state index contributed by atoms with van der Waals surface area (Å²) >= 11 is 0. The van der Waals surface area contributed by atoms with E-state index in [1.54, 1.807) is 12.1 Å². The highest BCUT2D eigenvalue weighted by molar-refractivity contribution is 5.94. The van der Waals surface area contributed by atoms with E-state index in [2.05, 4.69) is 11.9 Å². The first-order valence-electron chi connectivity index (χ1n) is 6.79. The van der Waals surface area contributed by atoms with E-state index in [-0.39, 0.29) is 5.76 Å². The average Bonchev–Trinajstić information content (AvgIpc) is 2.86. The molecule has 1 aromatic heterocycles. The first-order chi connectivity index (χ1) is 9.53. The zero-order valence-corrected chi connectivity index (χ0v) is 11.9. The van der Waals surface area contributed by atoms with E-state index in [1.807, 2.05) is 13.8 Å². The van der Waals surface area contributed by atoms with Gasteiger partial charge < -0.3 is 14.8 Å². The van der Waals surface area contributed by atoms with Gasteiger partial charge in [0.15, 0.2) is 5.76 Å². The van der Waals surface area contributed by atoms with Crippen LogP contribution in [-0.4, -0.2) is 23.0 Å². The van der Waals surface area contributed by atoms with E-state index in [1.165, 1.54) is 0 Å². The van der Waals surface area contributed by atoms with Gasteiger partial charge in [-0.15, -0.1) is 6.58 Å². The molecule has 0 radical (unpaired) electrons. The van der Waals surface area contributed by atoms with Crippen LogP contribution < -0.4 is 5.32 Å². The standard InChI is InChI=1S/C15H21NO4/c1-4-7-8-11(15(18)19)16-14(17)13-9-10(5-2)12(6-3)20-13/h4,9,11H,1,5-8H2,2-3H3,(H,16,17)(H,18,19). The van der Waals surface area contributed by atoms with Crippen LogP contribution in [0.4, 0.5) is 0 Å². The maximum atomic E-state index is 12.0. The van der Waals surface area contributed by atoms with Crippen LogP contribution in [0.5, 0.6) is 0 Å². The molecule has 1 heterocycles. The lowest BCUT2D eigenvalue weighted by atomic mass is 10.1. The number of carboxylic acid groups (broad SMARTS) is 1. The molecular formula is C15H21NO4. The summed E-state index contributed by atoms with van der Waals surface area (Å²) in [5, 5.41) is 11.5.